The maximum atomic E-state index is 12.2. The molecule has 1 unspecified atom stereocenters. The van der Waals surface area contributed by atoms with Gasteiger partial charge in [-0.15, -0.1) is 0 Å². The molecule has 3 saturated heterocycles. The number of hydrogen-bond donors (Lipinski definition) is 2. The Labute approximate surface area is 153 Å². The molecule has 0 radical (unpaired) electrons. The van der Waals surface area contributed by atoms with Gasteiger partial charge in [0.05, 0.1) is 19.3 Å². The van der Waals surface area contributed by atoms with E-state index in [0.29, 0.717) is 6.42 Å². The van der Waals surface area contributed by atoms with Crippen LogP contribution in [0, 0.1) is 0 Å². The first-order valence-electron chi connectivity index (χ1n) is 8.88. The second kappa shape index (κ2) is 6.41. The molecule has 4 atom stereocenters. The van der Waals surface area contributed by atoms with E-state index in [9.17, 15) is 14.7 Å². The van der Waals surface area contributed by atoms with Crippen LogP contribution in [-0.4, -0.2) is 54.0 Å². The van der Waals surface area contributed by atoms with Gasteiger partial charge in [0.25, 0.3) is 5.56 Å². The zero-order valence-electron chi connectivity index (χ0n) is 15.9. The Kier molecular flexibility index (Phi) is 4.81. The number of nitrogens with zero attached hydrogens (tertiary/aromatic N) is 1. The Balaban J connectivity index is 1.96. The highest BCUT2D eigenvalue weighted by atomic mass is 28.4. The second-order valence-electron chi connectivity index (χ2n) is 8.76. The lowest BCUT2D eigenvalue weighted by atomic mass is 9.87. The van der Waals surface area contributed by atoms with Crippen molar-refractivity contribution in [2.75, 3.05) is 13.2 Å². The molecule has 3 fully saturated rings. The van der Waals surface area contributed by atoms with Gasteiger partial charge in [-0.25, -0.2) is 4.79 Å². The predicted octanol–water partition coefficient (Wildman–Crippen LogP) is 0.976. The minimum Gasteiger partial charge on any atom is -0.411 e. The minimum absolute atomic E-state index is 0.0151. The van der Waals surface area contributed by atoms with Crippen molar-refractivity contribution in [3.63, 3.8) is 0 Å². The largest absolute Gasteiger partial charge is 0.411 e. The number of rotatable bonds is 4. The van der Waals surface area contributed by atoms with E-state index in [1.807, 2.05) is 0 Å². The standard InChI is InChI=1S/C17H28N2O6Si/c1-16(2,3)26(4,5)25-11-8-17(9-20)10-23-13(11)14(24-17)19-7-6-12(21)18-15(19)22/h6-7,11,13-14,20H,8-10H2,1-5H3,(H,18,21,22)/t11?,13-,14-,17+/m1/s1. The molecule has 2 N–H and O–H groups in total. The highest BCUT2D eigenvalue weighted by Gasteiger charge is 2.56. The average molecular weight is 385 g/mol. The number of aliphatic hydroxyl groups excluding tert-OH is 1. The summed E-state index contributed by atoms with van der Waals surface area (Å²) in [4.78, 5) is 25.8. The van der Waals surface area contributed by atoms with Crippen LogP contribution in [0.5, 0.6) is 0 Å². The summed E-state index contributed by atoms with van der Waals surface area (Å²) in [7, 11) is -2.09. The fraction of sp³-hybridized carbons (Fsp3) is 0.765. The fourth-order valence-electron chi connectivity index (χ4n) is 3.22. The summed E-state index contributed by atoms with van der Waals surface area (Å²) >= 11 is 0. The Bertz CT molecular complexity index is 782. The molecule has 4 heterocycles. The molecule has 2 bridgehead atoms. The lowest BCUT2D eigenvalue weighted by molar-refractivity contribution is -0.328. The molecule has 3 aliphatic rings. The highest BCUT2D eigenvalue weighted by Crippen LogP contribution is 2.46. The number of hydrogen-bond acceptors (Lipinski definition) is 6. The van der Waals surface area contributed by atoms with E-state index in [2.05, 4.69) is 38.8 Å². The van der Waals surface area contributed by atoms with E-state index in [1.165, 1.54) is 16.8 Å². The van der Waals surface area contributed by atoms with Crippen LogP contribution in [0.2, 0.25) is 18.1 Å². The molecule has 26 heavy (non-hydrogen) atoms. The predicted molar refractivity (Wildman–Crippen MR) is 97.7 cm³/mol. The molecule has 1 aromatic heterocycles. The lowest BCUT2D eigenvalue weighted by Crippen LogP contribution is -2.66. The van der Waals surface area contributed by atoms with Gasteiger partial charge in [-0.1, -0.05) is 20.8 Å². The summed E-state index contributed by atoms with van der Waals surface area (Å²) in [5.74, 6) is 0. The van der Waals surface area contributed by atoms with Crippen molar-refractivity contribution < 1.29 is 19.0 Å². The third kappa shape index (κ3) is 3.34. The van der Waals surface area contributed by atoms with Crippen LogP contribution in [-0.2, 0) is 13.9 Å². The number of ether oxygens (including phenoxy) is 2. The number of fused-ring (bicyclic) bond motifs is 3. The van der Waals surface area contributed by atoms with Gasteiger partial charge in [0.15, 0.2) is 14.5 Å². The van der Waals surface area contributed by atoms with Gasteiger partial charge in [-0.05, 0) is 18.1 Å². The SMILES string of the molecule is CC(C)(C)[Si](C)(C)OC1C[C@]2(CO)CO[C@H]1[C@H](n1ccc(=O)[nH]c1=O)O2. The van der Waals surface area contributed by atoms with Crippen molar-refractivity contribution in [1.29, 1.82) is 0 Å². The molecule has 8 nitrogen and oxygen atoms in total. The molecule has 146 valence electrons. The van der Waals surface area contributed by atoms with Crippen molar-refractivity contribution in [2.24, 2.45) is 0 Å². The second-order valence-corrected chi connectivity index (χ2v) is 13.5. The molecule has 0 aliphatic carbocycles. The number of H-pyrrole nitrogens is 1. The molecule has 0 spiro atoms. The first kappa shape index (κ1) is 19.5. The van der Waals surface area contributed by atoms with E-state index < -0.39 is 37.5 Å². The summed E-state index contributed by atoms with van der Waals surface area (Å²) in [6.45, 7) is 10.8. The van der Waals surface area contributed by atoms with Crippen LogP contribution in [0.3, 0.4) is 0 Å². The van der Waals surface area contributed by atoms with Gasteiger partial charge in [0.1, 0.15) is 11.7 Å². The topological polar surface area (TPSA) is 103 Å². The number of nitrogens with one attached hydrogen (secondary N) is 1. The molecule has 4 rings (SSSR count). The molecule has 0 amide bonds. The van der Waals surface area contributed by atoms with Crippen LogP contribution in [0.15, 0.2) is 21.9 Å². The fourth-order valence-corrected chi connectivity index (χ4v) is 4.55. The van der Waals surface area contributed by atoms with Crippen molar-refractivity contribution in [2.45, 2.75) is 69.4 Å². The number of aromatic nitrogens is 2. The minimum atomic E-state index is -2.09. The summed E-state index contributed by atoms with van der Waals surface area (Å²) in [6, 6.07) is 1.27. The van der Waals surface area contributed by atoms with Crippen LogP contribution >= 0.6 is 0 Å². The third-order valence-electron chi connectivity index (χ3n) is 5.80. The van der Waals surface area contributed by atoms with Crippen LogP contribution in [0.1, 0.15) is 33.4 Å². The van der Waals surface area contributed by atoms with Gasteiger partial charge in [0.2, 0.25) is 0 Å². The van der Waals surface area contributed by atoms with Gasteiger partial charge in [-0.2, -0.15) is 0 Å². The van der Waals surface area contributed by atoms with E-state index in [1.54, 1.807) is 0 Å². The molecule has 3 aliphatic heterocycles. The third-order valence-corrected chi connectivity index (χ3v) is 10.3. The molecule has 0 aromatic carbocycles. The van der Waals surface area contributed by atoms with Gasteiger partial charge < -0.3 is 19.0 Å². The zero-order chi connectivity index (χ0) is 19.3. The van der Waals surface area contributed by atoms with Gasteiger partial charge in [-0.3, -0.25) is 14.3 Å². The summed E-state index contributed by atoms with van der Waals surface area (Å²) in [6.07, 6.45) is 0.360. The normalized spacial score (nSPS) is 32.0. The zero-order valence-corrected chi connectivity index (χ0v) is 16.9. The Hall–Kier alpha value is -1.26. The van der Waals surface area contributed by atoms with E-state index in [-0.39, 0.29) is 24.4 Å². The monoisotopic (exact) mass is 384 g/mol. The molecule has 1 aromatic rings. The Morgan fingerprint density at radius 3 is 2.69 bits per heavy atom. The average Bonchev–Trinajstić information content (AvgIpc) is 2.53. The van der Waals surface area contributed by atoms with Crippen molar-refractivity contribution in [3.05, 3.63) is 33.1 Å². The summed E-state index contributed by atoms with van der Waals surface area (Å²) in [5.41, 5.74) is -1.96. The van der Waals surface area contributed by atoms with E-state index >= 15 is 0 Å². The maximum absolute atomic E-state index is 12.2. The Morgan fingerprint density at radius 2 is 2.12 bits per heavy atom. The molecular formula is C17H28N2O6Si. The number of aromatic amines is 1. The number of aliphatic hydroxyl groups is 1. The van der Waals surface area contributed by atoms with Gasteiger partial charge >= 0.3 is 5.69 Å². The van der Waals surface area contributed by atoms with E-state index in [0.717, 1.165) is 0 Å². The van der Waals surface area contributed by atoms with Crippen molar-refractivity contribution >= 4 is 8.32 Å². The molecule has 9 heteroatoms. The summed E-state index contributed by atoms with van der Waals surface area (Å²) in [5, 5.41) is 9.94. The van der Waals surface area contributed by atoms with Crippen LogP contribution in [0.25, 0.3) is 0 Å². The Morgan fingerprint density at radius 1 is 1.42 bits per heavy atom. The molecule has 0 saturated carbocycles. The maximum Gasteiger partial charge on any atom is 0.330 e. The quantitative estimate of drug-likeness (QED) is 0.750. The van der Waals surface area contributed by atoms with Crippen molar-refractivity contribution in [1.82, 2.24) is 9.55 Å². The highest BCUT2D eigenvalue weighted by molar-refractivity contribution is 6.74. The first-order chi connectivity index (χ1) is 12.0. The van der Waals surface area contributed by atoms with Crippen LogP contribution in [0.4, 0.5) is 0 Å². The first-order valence-corrected chi connectivity index (χ1v) is 11.8. The lowest BCUT2D eigenvalue weighted by Gasteiger charge is -2.55. The van der Waals surface area contributed by atoms with Gasteiger partial charge in [0, 0.05) is 18.7 Å². The summed E-state index contributed by atoms with van der Waals surface area (Å²) < 4.78 is 19.9. The van der Waals surface area contributed by atoms with E-state index in [4.69, 9.17) is 13.9 Å². The van der Waals surface area contributed by atoms with Crippen molar-refractivity contribution in [3.8, 4) is 0 Å². The molecular weight excluding hydrogens is 356 g/mol. The van der Waals surface area contributed by atoms with Crippen LogP contribution < -0.4 is 11.2 Å². The smallest absolute Gasteiger partial charge is 0.330 e.